The summed E-state index contributed by atoms with van der Waals surface area (Å²) in [5.74, 6) is -0.619. The van der Waals surface area contributed by atoms with Crippen LogP contribution in [0.25, 0.3) is 16.2 Å². The van der Waals surface area contributed by atoms with Gasteiger partial charge in [-0.15, -0.1) is 11.3 Å². The molecule has 4 nitrogen and oxygen atoms in total. The minimum Gasteiger partial charge on any atom is -0.370 e. The van der Waals surface area contributed by atoms with E-state index in [0.29, 0.717) is 11.6 Å². The molecule has 138 valence electrons. The van der Waals surface area contributed by atoms with Gasteiger partial charge in [0.1, 0.15) is 0 Å². The lowest BCUT2D eigenvalue weighted by Crippen LogP contribution is -2.32. The van der Waals surface area contributed by atoms with Crippen LogP contribution in [0.2, 0.25) is 5.02 Å². The zero-order valence-electron chi connectivity index (χ0n) is 14.6. The summed E-state index contributed by atoms with van der Waals surface area (Å²) in [5.41, 5.74) is 6.24. The van der Waals surface area contributed by atoms with Crippen LogP contribution in [0.1, 0.15) is 16.9 Å². The molecule has 0 atom stereocenters. The number of fused-ring (bicyclic) bond motifs is 1. The summed E-state index contributed by atoms with van der Waals surface area (Å²) in [5, 5.41) is 1.62. The molecular formula is C21H19ClN2O2S. The smallest absolute Gasteiger partial charge is 0.246 e. The summed E-state index contributed by atoms with van der Waals surface area (Å²) < 4.78 is 1.07. The van der Waals surface area contributed by atoms with Crippen LogP contribution in [0.15, 0.2) is 60.7 Å². The first-order valence-corrected chi connectivity index (χ1v) is 9.70. The van der Waals surface area contributed by atoms with Crippen molar-refractivity contribution >= 4 is 50.9 Å². The lowest BCUT2D eigenvalue weighted by molar-refractivity contribution is -0.127. The minimum atomic E-state index is -0.433. The SMILES string of the molecule is NC(=O)CCN(Cc1ccccc1)C(=O)/C=C/c1sc2ccccc2c1Cl. The standard InChI is InChI=1S/C21H19ClN2O2S/c22-21-16-8-4-5-9-17(16)27-18(21)10-11-20(26)24(13-12-19(23)25)14-15-6-2-1-3-7-15/h1-11H,12-14H2,(H2,23,25)/b11-10+. The van der Waals surface area contributed by atoms with Crippen LogP contribution < -0.4 is 5.73 Å². The molecule has 3 rings (SSSR count). The second kappa shape index (κ2) is 8.84. The summed E-state index contributed by atoms with van der Waals surface area (Å²) in [6.07, 6.45) is 3.36. The predicted octanol–water partition coefficient (Wildman–Crippen LogP) is 4.47. The summed E-state index contributed by atoms with van der Waals surface area (Å²) in [7, 11) is 0. The first kappa shape index (κ1) is 19.1. The van der Waals surface area contributed by atoms with Crippen LogP contribution in [0, 0.1) is 0 Å². The largest absolute Gasteiger partial charge is 0.370 e. The zero-order valence-corrected chi connectivity index (χ0v) is 16.2. The van der Waals surface area contributed by atoms with E-state index in [1.165, 1.54) is 17.4 Å². The Morgan fingerprint density at radius 1 is 1.07 bits per heavy atom. The Kier molecular flexibility index (Phi) is 6.27. The molecule has 0 bridgehead atoms. The average Bonchev–Trinajstić information content (AvgIpc) is 3.00. The van der Waals surface area contributed by atoms with E-state index in [1.54, 1.807) is 11.0 Å². The quantitative estimate of drug-likeness (QED) is 0.596. The van der Waals surface area contributed by atoms with E-state index in [1.807, 2.05) is 54.6 Å². The molecule has 2 aromatic carbocycles. The molecule has 0 aliphatic rings. The minimum absolute atomic E-state index is 0.121. The molecule has 2 N–H and O–H groups in total. The highest BCUT2D eigenvalue weighted by molar-refractivity contribution is 7.20. The van der Waals surface area contributed by atoms with Crippen molar-refractivity contribution in [3.05, 3.63) is 76.1 Å². The first-order chi connectivity index (χ1) is 13.0. The third kappa shape index (κ3) is 4.96. The number of carbonyl (C=O) groups is 2. The van der Waals surface area contributed by atoms with Crippen LogP contribution in [-0.2, 0) is 16.1 Å². The van der Waals surface area contributed by atoms with Gasteiger partial charge in [-0.3, -0.25) is 9.59 Å². The van der Waals surface area contributed by atoms with Crippen LogP contribution in [0.4, 0.5) is 0 Å². The van der Waals surface area contributed by atoms with E-state index in [2.05, 4.69) is 0 Å². The number of nitrogens with zero attached hydrogens (tertiary/aromatic N) is 1. The number of primary amides is 1. The number of carbonyl (C=O) groups excluding carboxylic acids is 2. The molecule has 0 saturated heterocycles. The molecule has 0 radical (unpaired) electrons. The van der Waals surface area contributed by atoms with Crippen molar-refractivity contribution in [3.63, 3.8) is 0 Å². The van der Waals surface area contributed by atoms with Crippen molar-refractivity contribution in [1.29, 1.82) is 0 Å². The van der Waals surface area contributed by atoms with Crippen LogP contribution >= 0.6 is 22.9 Å². The number of halogens is 1. The molecule has 27 heavy (non-hydrogen) atoms. The number of amides is 2. The number of rotatable bonds is 7. The monoisotopic (exact) mass is 398 g/mol. The Hall–Kier alpha value is -2.63. The number of hydrogen-bond acceptors (Lipinski definition) is 3. The predicted molar refractivity (Wildman–Crippen MR) is 112 cm³/mol. The Labute approximate surface area is 166 Å². The van der Waals surface area contributed by atoms with Crippen LogP contribution in [0.3, 0.4) is 0 Å². The van der Waals surface area contributed by atoms with E-state index in [0.717, 1.165) is 20.5 Å². The maximum atomic E-state index is 12.7. The van der Waals surface area contributed by atoms with Crippen molar-refractivity contribution in [3.8, 4) is 0 Å². The molecule has 6 heteroatoms. The van der Waals surface area contributed by atoms with Gasteiger partial charge in [0.2, 0.25) is 11.8 Å². The Morgan fingerprint density at radius 2 is 1.78 bits per heavy atom. The van der Waals surface area contributed by atoms with E-state index >= 15 is 0 Å². The fourth-order valence-electron chi connectivity index (χ4n) is 2.71. The topological polar surface area (TPSA) is 63.4 Å². The highest BCUT2D eigenvalue weighted by Crippen LogP contribution is 2.35. The van der Waals surface area contributed by atoms with Gasteiger partial charge in [0.05, 0.1) is 5.02 Å². The van der Waals surface area contributed by atoms with E-state index < -0.39 is 5.91 Å². The van der Waals surface area contributed by atoms with Crippen molar-refractivity contribution in [1.82, 2.24) is 4.90 Å². The number of nitrogens with two attached hydrogens (primary N) is 1. The third-order valence-corrected chi connectivity index (χ3v) is 5.75. The fourth-order valence-corrected chi connectivity index (χ4v) is 4.11. The van der Waals surface area contributed by atoms with Gasteiger partial charge >= 0.3 is 0 Å². The zero-order chi connectivity index (χ0) is 19.2. The van der Waals surface area contributed by atoms with E-state index in [9.17, 15) is 9.59 Å². The molecule has 0 unspecified atom stereocenters. The van der Waals surface area contributed by atoms with Gasteiger partial charge in [-0.1, -0.05) is 60.1 Å². The lowest BCUT2D eigenvalue weighted by Gasteiger charge is -2.20. The highest BCUT2D eigenvalue weighted by Gasteiger charge is 2.13. The van der Waals surface area contributed by atoms with Crippen molar-refractivity contribution < 1.29 is 9.59 Å². The second-order valence-electron chi connectivity index (χ2n) is 6.07. The Morgan fingerprint density at radius 3 is 2.48 bits per heavy atom. The van der Waals surface area contributed by atoms with Gasteiger partial charge in [0.15, 0.2) is 0 Å². The lowest BCUT2D eigenvalue weighted by atomic mass is 10.2. The molecular weight excluding hydrogens is 380 g/mol. The number of thiophene rings is 1. The average molecular weight is 399 g/mol. The Balaban J connectivity index is 1.78. The van der Waals surface area contributed by atoms with Crippen molar-refractivity contribution in [2.75, 3.05) is 6.54 Å². The van der Waals surface area contributed by atoms with E-state index in [4.69, 9.17) is 17.3 Å². The molecule has 0 spiro atoms. The van der Waals surface area contributed by atoms with Gasteiger partial charge in [-0.05, 0) is 17.7 Å². The number of benzene rings is 2. The molecule has 2 amide bonds. The maximum Gasteiger partial charge on any atom is 0.246 e. The third-order valence-electron chi connectivity index (χ3n) is 4.09. The highest BCUT2D eigenvalue weighted by atomic mass is 35.5. The molecule has 0 aliphatic carbocycles. The first-order valence-electron chi connectivity index (χ1n) is 8.51. The molecule has 3 aromatic rings. The van der Waals surface area contributed by atoms with Crippen molar-refractivity contribution in [2.24, 2.45) is 5.73 Å². The van der Waals surface area contributed by atoms with Gasteiger partial charge in [0.25, 0.3) is 0 Å². The van der Waals surface area contributed by atoms with E-state index in [-0.39, 0.29) is 18.9 Å². The number of hydrogen-bond donors (Lipinski definition) is 1. The summed E-state index contributed by atoms with van der Waals surface area (Å²) >= 11 is 7.96. The molecule has 0 fully saturated rings. The maximum absolute atomic E-state index is 12.7. The fraction of sp³-hybridized carbons (Fsp3) is 0.143. The van der Waals surface area contributed by atoms with Gasteiger partial charge in [-0.2, -0.15) is 0 Å². The Bertz CT molecular complexity index is 982. The van der Waals surface area contributed by atoms with Gasteiger partial charge in [-0.25, -0.2) is 0 Å². The molecule has 0 saturated carbocycles. The van der Waals surface area contributed by atoms with Gasteiger partial charge < -0.3 is 10.6 Å². The van der Waals surface area contributed by atoms with Crippen LogP contribution in [0.5, 0.6) is 0 Å². The second-order valence-corrected chi connectivity index (χ2v) is 7.53. The molecule has 0 aliphatic heterocycles. The molecule has 1 heterocycles. The normalized spacial score (nSPS) is 11.1. The summed E-state index contributed by atoms with van der Waals surface area (Å²) in [4.78, 5) is 26.3. The van der Waals surface area contributed by atoms with Gasteiger partial charge in [0, 0.05) is 40.5 Å². The summed E-state index contributed by atoms with van der Waals surface area (Å²) in [6, 6.07) is 17.5. The van der Waals surface area contributed by atoms with Crippen molar-refractivity contribution in [2.45, 2.75) is 13.0 Å². The summed E-state index contributed by atoms with van der Waals surface area (Å²) in [6.45, 7) is 0.686. The molecule has 1 aromatic heterocycles. The van der Waals surface area contributed by atoms with Crippen LogP contribution in [-0.4, -0.2) is 23.3 Å².